The molecule has 126 valence electrons. The van der Waals surface area contributed by atoms with Gasteiger partial charge < -0.3 is 14.6 Å². The standard InChI is InChI=1S/C20H24N2O2/c1-14(9-11-23)12-16-5-7-17(8-6-16)19-13-22-10-3-4-18(15(2)24)20(22)21-19/h3-8,10,13-15,23-24H,9,11-12H2,1-2H3/t14-,15?/m1/s1. The van der Waals surface area contributed by atoms with Crippen LogP contribution in [0.4, 0.5) is 0 Å². The lowest BCUT2D eigenvalue weighted by Crippen LogP contribution is -2.02. The number of pyridine rings is 1. The highest BCUT2D eigenvalue weighted by Gasteiger charge is 2.11. The summed E-state index contributed by atoms with van der Waals surface area (Å²) in [4.78, 5) is 4.69. The number of fused-ring (bicyclic) bond motifs is 1. The smallest absolute Gasteiger partial charge is 0.143 e. The van der Waals surface area contributed by atoms with Gasteiger partial charge in [-0.1, -0.05) is 37.3 Å². The van der Waals surface area contributed by atoms with Crippen molar-refractivity contribution in [2.75, 3.05) is 6.61 Å². The molecule has 2 heterocycles. The van der Waals surface area contributed by atoms with Gasteiger partial charge in [0.1, 0.15) is 5.65 Å². The zero-order valence-corrected chi connectivity index (χ0v) is 14.2. The first-order chi connectivity index (χ1) is 11.6. The summed E-state index contributed by atoms with van der Waals surface area (Å²) < 4.78 is 1.95. The molecular formula is C20H24N2O2. The van der Waals surface area contributed by atoms with Crippen LogP contribution in [-0.2, 0) is 6.42 Å². The van der Waals surface area contributed by atoms with Crippen LogP contribution in [0.1, 0.15) is 37.5 Å². The van der Waals surface area contributed by atoms with Crippen LogP contribution in [0.3, 0.4) is 0 Å². The van der Waals surface area contributed by atoms with Crippen LogP contribution >= 0.6 is 0 Å². The Morgan fingerprint density at radius 2 is 1.88 bits per heavy atom. The molecule has 0 bridgehead atoms. The first-order valence-electron chi connectivity index (χ1n) is 8.44. The lowest BCUT2D eigenvalue weighted by atomic mass is 9.97. The largest absolute Gasteiger partial charge is 0.396 e. The molecule has 2 N–H and O–H groups in total. The summed E-state index contributed by atoms with van der Waals surface area (Å²) in [5.41, 5.74) is 4.86. The van der Waals surface area contributed by atoms with Gasteiger partial charge >= 0.3 is 0 Å². The molecule has 0 amide bonds. The van der Waals surface area contributed by atoms with E-state index in [4.69, 9.17) is 10.1 Å². The summed E-state index contributed by atoms with van der Waals surface area (Å²) in [6.45, 7) is 4.15. The molecule has 0 aliphatic rings. The topological polar surface area (TPSA) is 57.8 Å². The molecule has 24 heavy (non-hydrogen) atoms. The minimum atomic E-state index is -0.542. The third kappa shape index (κ3) is 3.50. The first kappa shape index (κ1) is 16.7. The van der Waals surface area contributed by atoms with Gasteiger partial charge in [0.05, 0.1) is 11.8 Å². The average Bonchev–Trinajstić information content (AvgIpc) is 2.99. The maximum Gasteiger partial charge on any atom is 0.143 e. The third-order valence-corrected chi connectivity index (χ3v) is 4.42. The second-order valence-corrected chi connectivity index (χ2v) is 6.52. The molecule has 3 aromatic rings. The Balaban J connectivity index is 1.87. The van der Waals surface area contributed by atoms with E-state index in [0.29, 0.717) is 5.92 Å². The monoisotopic (exact) mass is 324 g/mol. The molecule has 2 atom stereocenters. The van der Waals surface area contributed by atoms with E-state index in [1.807, 2.05) is 28.9 Å². The molecule has 0 aliphatic heterocycles. The van der Waals surface area contributed by atoms with Gasteiger partial charge in [-0.05, 0) is 37.3 Å². The van der Waals surface area contributed by atoms with Crippen molar-refractivity contribution >= 4 is 5.65 Å². The van der Waals surface area contributed by atoms with Crippen molar-refractivity contribution in [2.24, 2.45) is 5.92 Å². The molecule has 0 saturated carbocycles. The van der Waals surface area contributed by atoms with Crippen molar-refractivity contribution < 1.29 is 10.2 Å². The molecule has 0 spiro atoms. The SMILES string of the molecule is CC(O)c1cccn2cc(-c3ccc(C[C@H](C)CCO)cc3)nc12. The second-order valence-electron chi connectivity index (χ2n) is 6.52. The highest BCUT2D eigenvalue weighted by atomic mass is 16.3. The van der Waals surface area contributed by atoms with Gasteiger partial charge in [0, 0.05) is 30.1 Å². The molecule has 0 fully saturated rings. The molecule has 0 radical (unpaired) electrons. The van der Waals surface area contributed by atoms with E-state index in [9.17, 15) is 5.11 Å². The van der Waals surface area contributed by atoms with Crippen LogP contribution in [0.5, 0.6) is 0 Å². The summed E-state index contributed by atoms with van der Waals surface area (Å²) in [7, 11) is 0. The summed E-state index contributed by atoms with van der Waals surface area (Å²) in [6, 6.07) is 12.3. The van der Waals surface area contributed by atoms with Crippen molar-refractivity contribution in [3.8, 4) is 11.3 Å². The maximum absolute atomic E-state index is 9.89. The van der Waals surface area contributed by atoms with Crippen molar-refractivity contribution in [1.29, 1.82) is 0 Å². The van der Waals surface area contributed by atoms with Gasteiger partial charge in [-0.15, -0.1) is 0 Å². The minimum Gasteiger partial charge on any atom is -0.396 e. The van der Waals surface area contributed by atoms with Crippen molar-refractivity contribution in [3.63, 3.8) is 0 Å². The van der Waals surface area contributed by atoms with E-state index >= 15 is 0 Å². The molecule has 4 heteroatoms. The number of aliphatic hydroxyl groups excluding tert-OH is 2. The van der Waals surface area contributed by atoms with E-state index < -0.39 is 6.10 Å². The highest BCUT2D eigenvalue weighted by Crippen LogP contribution is 2.24. The predicted molar refractivity (Wildman–Crippen MR) is 95.8 cm³/mol. The van der Waals surface area contributed by atoms with Crippen molar-refractivity contribution in [2.45, 2.75) is 32.8 Å². The van der Waals surface area contributed by atoms with Crippen molar-refractivity contribution in [1.82, 2.24) is 9.38 Å². The molecule has 3 rings (SSSR count). The number of hydrogen-bond donors (Lipinski definition) is 2. The normalized spacial score (nSPS) is 14.0. The molecule has 0 aliphatic carbocycles. The van der Waals surface area contributed by atoms with Gasteiger partial charge in [0.25, 0.3) is 0 Å². The van der Waals surface area contributed by atoms with Crippen LogP contribution < -0.4 is 0 Å². The zero-order chi connectivity index (χ0) is 17.1. The first-order valence-corrected chi connectivity index (χ1v) is 8.44. The third-order valence-electron chi connectivity index (χ3n) is 4.42. The van der Waals surface area contributed by atoms with E-state index in [2.05, 4.69) is 31.2 Å². The fourth-order valence-electron chi connectivity index (χ4n) is 3.04. The lowest BCUT2D eigenvalue weighted by molar-refractivity contribution is 0.200. The Morgan fingerprint density at radius 3 is 2.54 bits per heavy atom. The number of benzene rings is 1. The van der Waals surface area contributed by atoms with Crippen LogP contribution in [0.15, 0.2) is 48.8 Å². The zero-order valence-electron chi connectivity index (χ0n) is 14.2. The quantitative estimate of drug-likeness (QED) is 0.728. The summed E-state index contributed by atoms with van der Waals surface area (Å²) in [5.74, 6) is 0.477. The Bertz CT molecular complexity index is 806. The number of nitrogens with zero attached hydrogens (tertiary/aromatic N) is 2. The van der Waals surface area contributed by atoms with Crippen LogP contribution in [0.2, 0.25) is 0 Å². The fourth-order valence-corrected chi connectivity index (χ4v) is 3.04. The molecule has 2 aromatic heterocycles. The minimum absolute atomic E-state index is 0.242. The van der Waals surface area contributed by atoms with E-state index in [1.54, 1.807) is 6.92 Å². The summed E-state index contributed by atoms with van der Waals surface area (Å²) in [5, 5.41) is 18.9. The molecular weight excluding hydrogens is 300 g/mol. The number of aliphatic hydroxyl groups is 2. The average molecular weight is 324 g/mol. The van der Waals surface area contributed by atoms with Crippen LogP contribution in [-0.4, -0.2) is 26.2 Å². The van der Waals surface area contributed by atoms with E-state index in [0.717, 1.165) is 35.3 Å². The Labute approximate surface area is 142 Å². The second kappa shape index (κ2) is 7.16. The molecule has 1 aromatic carbocycles. The summed E-state index contributed by atoms with van der Waals surface area (Å²) >= 11 is 0. The fraction of sp³-hybridized carbons (Fsp3) is 0.350. The van der Waals surface area contributed by atoms with Crippen LogP contribution in [0.25, 0.3) is 16.9 Å². The van der Waals surface area contributed by atoms with Crippen molar-refractivity contribution in [3.05, 3.63) is 59.9 Å². The Kier molecular flexibility index (Phi) is 4.97. The van der Waals surface area contributed by atoms with E-state index in [1.165, 1.54) is 5.56 Å². The summed E-state index contributed by atoms with van der Waals surface area (Å²) in [6.07, 6.45) is 5.20. The van der Waals surface area contributed by atoms with Crippen LogP contribution in [0, 0.1) is 5.92 Å². The van der Waals surface area contributed by atoms with Gasteiger partial charge in [0.2, 0.25) is 0 Å². The molecule has 1 unspecified atom stereocenters. The Hall–Kier alpha value is -2.17. The van der Waals surface area contributed by atoms with Gasteiger partial charge in [0.15, 0.2) is 0 Å². The lowest BCUT2D eigenvalue weighted by Gasteiger charge is -2.09. The van der Waals surface area contributed by atoms with E-state index in [-0.39, 0.29) is 6.61 Å². The maximum atomic E-state index is 9.89. The molecule has 0 saturated heterocycles. The number of aromatic nitrogens is 2. The highest BCUT2D eigenvalue weighted by molar-refractivity contribution is 5.64. The van der Waals surface area contributed by atoms with Gasteiger partial charge in [-0.2, -0.15) is 0 Å². The Morgan fingerprint density at radius 1 is 1.12 bits per heavy atom. The van der Waals surface area contributed by atoms with Gasteiger partial charge in [-0.25, -0.2) is 4.98 Å². The molecule has 4 nitrogen and oxygen atoms in total. The predicted octanol–water partition coefficient (Wildman–Crippen LogP) is 3.62. The van der Waals surface area contributed by atoms with Gasteiger partial charge in [-0.3, -0.25) is 0 Å². The number of hydrogen-bond acceptors (Lipinski definition) is 3. The number of rotatable bonds is 6. The number of imidazole rings is 1.